The highest BCUT2D eigenvalue weighted by molar-refractivity contribution is 8.00. The average Bonchev–Trinajstić information content (AvgIpc) is 3.49. The van der Waals surface area contributed by atoms with E-state index in [-0.39, 0.29) is 11.2 Å². The summed E-state index contributed by atoms with van der Waals surface area (Å²) in [5.74, 6) is 1.43. The first-order chi connectivity index (χ1) is 13.6. The third-order valence-electron chi connectivity index (χ3n) is 4.84. The molecular formula is C22H24N4OS. The van der Waals surface area contributed by atoms with E-state index in [2.05, 4.69) is 17.3 Å². The SMILES string of the molecule is CCc1ccc(NC(=O)[C@@H](C)Sc2nc(C3CC3)n(-c3ccccc3)n2)cc1. The molecule has 1 N–H and O–H groups in total. The van der Waals surface area contributed by atoms with Crippen molar-refractivity contribution in [2.75, 3.05) is 5.32 Å². The van der Waals surface area contributed by atoms with Gasteiger partial charge in [-0.2, -0.15) is 0 Å². The number of aromatic nitrogens is 3. The van der Waals surface area contributed by atoms with E-state index in [1.807, 2.05) is 66.2 Å². The number of hydrogen-bond acceptors (Lipinski definition) is 4. The Morgan fingerprint density at radius 1 is 1.18 bits per heavy atom. The lowest BCUT2D eigenvalue weighted by Gasteiger charge is -2.10. The van der Waals surface area contributed by atoms with Crippen LogP contribution in [0.4, 0.5) is 5.69 Å². The summed E-state index contributed by atoms with van der Waals surface area (Å²) in [4.78, 5) is 17.3. The molecule has 1 heterocycles. The Labute approximate surface area is 169 Å². The standard InChI is InChI=1S/C22H24N4OS/c1-3-16-9-13-18(14-10-16)23-21(27)15(2)28-22-24-20(17-11-12-17)26(25-22)19-7-5-4-6-8-19/h4-10,13-15,17H,3,11-12H2,1-2H3,(H,23,27)/t15-/m1/s1. The molecule has 0 unspecified atom stereocenters. The van der Waals surface area contributed by atoms with E-state index < -0.39 is 0 Å². The molecule has 1 saturated carbocycles. The maximum atomic E-state index is 12.6. The highest BCUT2D eigenvalue weighted by atomic mass is 32.2. The van der Waals surface area contributed by atoms with Gasteiger partial charge in [-0.05, 0) is 56.0 Å². The zero-order valence-corrected chi connectivity index (χ0v) is 16.9. The number of anilines is 1. The zero-order chi connectivity index (χ0) is 19.5. The molecule has 6 heteroatoms. The number of benzene rings is 2. The molecule has 1 aromatic heterocycles. The Bertz CT molecular complexity index is 948. The van der Waals surface area contributed by atoms with Gasteiger partial charge in [-0.25, -0.2) is 9.67 Å². The second-order valence-corrected chi connectivity index (χ2v) is 8.38. The van der Waals surface area contributed by atoms with Gasteiger partial charge in [0, 0.05) is 11.6 Å². The summed E-state index contributed by atoms with van der Waals surface area (Å²) in [7, 11) is 0. The van der Waals surface area contributed by atoms with Gasteiger partial charge in [0.25, 0.3) is 0 Å². The van der Waals surface area contributed by atoms with Crippen molar-refractivity contribution in [1.29, 1.82) is 0 Å². The van der Waals surface area contributed by atoms with Crippen LogP contribution in [0.3, 0.4) is 0 Å². The van der Waals surface area contributed by atoms with Gasteiger partial charge < -0.3 is 5.32 Å². The third kappa shape index (κ3) is 4.28. The number of nitrogens with zero attached hydrogens (tertiary/aromatic N) is 3. The fraction of sp³-hybridized carbons (Fsp3) is 0.318. The molecule has 0 bridgehead atoms. The Morgan fingerprint density at radius 2 is 1.89 bits per heavy atom. The molecule has 1 atom stereocenters. The molecule has 144 valence electrons. The van der Waals surface area contributed by atoms with Gasteiger partial charge >= 0.3 is 0 Å². The monoisotopic (exact) mass is 392 g/mol. The number of rotatable bonds is 7. The van der Waals surface area contributed by atoms with Crippen molar-refractivity contribution in [2.24, 2.45) is 0 Å². The van der Waals surface area contributed by atoms with Gasteiger partial charge in [-0.3, -0.25) is 4.79 Å². The smallest absolute Gasteiger partial charge is 0.237 e. The predicted octanol–water partition coefficient (Wildman–Crippen LogP) is 4.83. The van der Waals surface area contributed by atoms with Gasteiger partial charge in [0.2, 0.25) is 11.1 Å². The van der Waals surface area contributed by atoms with Crippen molar-refractivity contribution in [3.63, 3.8) is 0 Å². The highest BCUT2D eigenvalue weighted by Crippen LogP contribution is 2.40. The molecule has 0 saturated heterocycles. The van der Waals surface area contributed by atoms with Crippen LogP contribution >= 0.6 is 11.8 Å². The molecular weight excluding hydrogens is 368 g/mol. The molecule has 0 spiro atoms. The van der Waals surface area contributed by atoms with E-state index in [0.717, 1.165) is 36.5 Å². The van der Waals surface area contributed by atoms with Crippen LogP contribution in [0.1, 0.15) is 44.0 Å². The topological polar surface area (TPSA) is 59.8 Å². The lowest BCUT2D eigenvalue weighted by molar-refractivity contribution is -0.115. The van der Waals surface area contributed by atoms with E-state index in [4.69, 9.17) is 4.98 Å². The molecule has 0 radical (unpaired) electrons. The van der Waals surface area contributed by atoms with Crippen LogP contribution in [0, 0.1) is 0 Å². The van der Waals surface area contributed by atoms with Crippen molar-refractivity contribution in [1.82, 2.24) is 14.8 Å². The van der Waals surface area contributed by atoms with Crippen LogP contribution in [0.2, 0.25) is 0 Å². The summed E-state index contributed by atoms with van der Waals surface area (Å²) < 4.78 is 1.92. The lowest BCUT2D eigenvalue weighted by atomic mass is 10.1. The first kappa shape index (κ1) is 18.7. The summed E-state index contributed by atoms with van der Waals surface area (Å²) in [6, 6.07) is 18.0. The second kappa shape index (κ2) is 8.19. The lowest BCUT2D eigenvalue weighted by Crippen LogP contribution is -2.22. The largest absolute Gasteiger partial charge is 0.325 e. The molecule has 1 amide bonds. The first-order valence-corrected chi connectivity index (χ1v) is 10.6. The van der Waals surface area contributed by atoms with Gasteiger partial charge in [-0.1, -0.05) is 49.0 Å². The van der Waals surface area contributed by atoms with Crippen molar-refractivity contribution in [2.45, 2.75) is 49.4 Å². The summed E-state index contributed by atoms with van der Waals surface area (Å²) >= 11 is 1.40. The fourth-order valence-electron chi connectivity index (χ4n) is 3.00. The molecule has 4 rings (SSSR count). The maximum absolute atomic E-state index is 12.6. The summed E-state index contributed by atoms with van der Waals surface area (Å²) in [6.07, 6.45) is 3.29. The summed E-state index contributed by atoms with van der Waals surface area (Å²) in [5.41, 5.74) is 3.08. The highest BCUT2D eigenvalue weighted by Gasteiger charge is 2.31. The van der Waals surface area contributed by atoms with Gasteiger partial charge in [0.15, 0.2) is 0 Å². The molecule has 1 aliphatic rings. The number of aryl methyl sites for hydroxylation is 1. The van der Waals surface area contributed by atoms with Crippen LogP contribution in [0.15, 0.2) is 59.8 Å². The molecule has 3 aromatic rings. The normalized spacial score (nSPS) is 14.6. The Balaban J connectivity index is 1.46. The van der Waals surface area contributed by atoms with E-state index in [0.29, 0.717) is 11.1 Å². The van der Waals surface area contributed by atoms with Crippen molar-refractivity contribution < 1.29 is 4.79 Å². The Hall–Kier alpha value is -2.60. The number of nitrogens with one attached hydrogen (secondary N) is 1. The van der Waals surface area contributed by atoms with E-state index in [1.54, 1.807) is 0 Å². The molecule has 1 fully saturated rings. The quantitative estimate of drug-likeness (QED) is 0.585. The minimum atomic E-state index is -0.287. The number of amides is 1. The number of hydrogen-bond donors (Lipinski definition) is 1. The second-order valence-electron chi connectivity index (χ2n) is 7.07. The van der Waals surface area contributed by atoms with Crippen molar-refractivity contribution in [3.8, 4) is 5.69 Å². The van der Waals surface area contributed by atoms with Gasteiger partial charge in [-0.15, -0.1) is 5.10 Å². The summed E-state index contributed by atoms with van der Waals surface area (Å²) in [5, 5.41) is 8.02. The van der Waals surface area contributed by atoms with Crippen molar-refractivity contribution >= 4 is 23.4 Å². The maximum Gasteiger partial charge on any atom is 0.237 e. The van der Waals surface area contributed by atoms with E-state index in [9.17, 15) is 4.79 Å². The third-order valence-corrected chi connectivity index (χ3v) is 5.79. The fourth-order valence-corrected chi connectivity index (χ4v) is 3.76. The van der Waals surface area contributed by atoms with Crippen LogP contribution in [0.25, 0.3) is 5.69 Å². The van der Waals surface area contributed by atoms with Crippen LogP contribution in [-0.4, -0.2) is 25.9 Å². The summed E-state index contributed by atoms with van der Waals surface area (Å²) in [6.45, 7) is 4.00. The Kier molecular flexibility index (Phi) is 5.48. The number of carbonyl (C=O) groups is 1. The number of carbonyl (C=O) groups excluding carboxylic acids is 1. The molecule has 5 nitrogen and oxygen atoms in total. The Morgan fingerprint density at radius 3 is 2.54 bits per heavy atom. The molecule has 28 heavy (non-hydrogen) atoms. The van der Waals surface area contributed by atoms with Gasteiger partial charge in [0.05, 0.1) is 10.9 Å². The number of thioether (sulfide) groups is 1. The minimum Gasteiger partial charge on any atom is -0.325 e. The number of para-hydroxylation sites is 1. The zero-order valence-electron chi connectivity index (χ0n) is 16.1. The molecule has 2 aromatic carbocycles. The van der Waals surface area contributed by atoms with Gasteiger partial charge in [0.1, 0.15) is 5.82 Å². The molecule has 1 aliphatic carbocycles. The van der Waals surface area contributed by atoms with Crippen molar-refractivity contribution in [3.05, 3.63) is 66.0 Å². The minimum absolute atomic E-state index is 0.0433. The average molecular weight is 393 g/mol. The van der Waals surface area contributed by atoms with Crippen LogP contribution < -0.4 is 5.32 Å². The predicted molar refractivity (Wildman–Crippen MR) is 113 cm³/mol. The van der Waals surface area contributed by atoms with Crippen LogP contribution in [0.5, 0.6) is 0 Å². The van der Waals surface area contributed by atoms with Crippen LogP contribution in [-0.2, 0) is 11.2 Å². The molecule has 0 aliphatic heterocycles. The van der Waals surface area contributed by atoms with E-state index >= 15 is 0 Å². The van der Waals surface area contributed by atoms with E-state index in [1.165, 1.54) is 17.3 Å². The first-order valence-electron chi connectivity index (χ1n) is 9.73.